The number of hydrogen-bond donors (Lipinski definition) is 1. The van der Waals surface area contributed by atoms with Crippen LogP contribution in [0.4, 0.5) is 0 Å². The zero-order valence-corrected chi connectivity index (χ0v) is 23.7. The van der Waals surface area contributed by atoms with E-state index in [0.717, 1.165) is 22.5 Å². The zero-order valence-electron chi connectivity index (χ0n) is 19.9. The standard InChI is InChI=1S/C26H29N2O4S2.HI/c1-28(2,3)19-23(18-25(29)32-20-22-12-8-5-9-13-22)27-34(30,31)26-17-16-24(33-26)15-14-21-10-6-4-7-11-21;/h4-13,16-17,23,27H,18-20H2,1-3H3;1H/q+1;/p-1/t23-;/m1./s1. The molecule has 0 aliphatic carbocycles. The van der Waals surface area contributed by atoms with E-state index < -0.39 is 22.0 Å². The number of hydrogen-bond acceptors (Lipinski definition) is 5. The molecule has 0 spiro atoms. The lowest BCUT2D eigenvalue weighted by molar-refractivity contribution is -0.871. The summed E-state index contributed by atoms with van der Waals surface area (Å²) in [6.07, 6.45) is -0.0619. The minimum absolute atomic E-state index is 0. The highest BCUT2D eigenvalue weighted by Gasteiger charge is 2.28. The van der Waals surface area contributed by atoms with E-state index in [2.05, 4.69) is 16.6 Å². The van der Waals surface area contributed by atoms with E-state index in [0.29, 0.717) is 15.9 Å². The first-order chi connectivity index (χ1) is 16.1. The summed E-state index contributed by atoms with van der Waals surface area (Å²) < 4.78 is 34.9. The number of halogens is 1. The summed E-state index contributed by atoms with van der Waals surface area (Å²) in [7, 11) is 2.01. The molecule has 0 amide bonds. The van der Waals surface area contributed by atoms with Gasteiger partial charge in [-0.2, -0.15) is 0 Å². The van der Waals surface area contributed by atoms with Crippen LogP contribution in [-0.4, -0.2) is 52.6 Å². The van der Waals surface area contributed by atoms with Crippen molar-refractivity contribution in [1.29, 1.82) is 0 Å². The van der Waals surface area contributed by atoms with Crippen molar-refractivity contribution in [2.45, 2.75) is 23.3 Å². The molecule has 1 N–H and O–H groups in total. The van der Waals surface area contributed by atoms with Gasteiger partial charge in [0.25, 0.3) is 10.0 Å². The molecule has 0 saturated heterocycles. The maximum absolute atomic E-state index is 13.1. The number of carbonyl (C=O) groups excluding carboxylic acids is 1. The van der Waals surface area contributed by atoms with Gasteiger partial charge >= 0.3 is 5.97 Å². The Morgan fingerprint density at radius 2 is 1.60 bits per heavy atom. The van der Waals surface area contributed by atoms with Crippen molar-refractivity contribution in [3.63, 3.8) is 0 Å². The first-order valence-electron chi connectivity index (χ1n) is 10.8. The van der Waals surface area contributed by atoms with E-state index in [1.807, 2.05) is 81.8 Å². The quantitative estimate of drug-likeness (QED) is 0.164. The van der Waals surface area contributed by atoms with Crippen LogP contribution < -0.4 is 28.7 Å². The summed E-state index contributed by atoms with van der Waals surface area (Å²) in [6.45, 7) is 0.573. The van der Waals surface area contributed by atoms with Crippen LogP contribution >= 0.6 is 11.3 Å². The van der Waals surface area contributed by atoms with Gasteiger partial charge in [0, 0.05) is 5.56 Å². The van der Waals surface area contributed by atoms with Crippen molar-refractivity contribution < 1.29 is 46.4 Å². The smallest absolute Gasteiger partial charge is 0.307 e. The van der Waals surface area contributed by atoms with Gasteiger partial charge in [0.05, 0.1) is 45.0 Å². The Bertz CT molecular complexity index is 1260. The number of rotatable bonds is 9. The summed E-state index contributed by atoms with van der Waals surface area (Å²) in [6, 6.07) is 21.5. The van der Waals surface area contributed by atoms with Gasteiger partial charge in [-0.3, -0.25) is 4.79 Å². The zero-order chi connectivity index (χ0) is 24.6. The molecule has 35 heavy (non-hydrogen) atoms. The monoisotopic (exact) mass is 624 g/mol. The van der Waals surface area contributed by atoms with Gasteiger partial charge in [0.1, 0.15) is 10.8 Å². The molecule has 0 aliphatic rings. The highest BCUT2D eigenvalue weighted by atomic mass is 127. The van der Waals surface area contributed by atoms with Gasteiger partial charge in [-0.25, -0.2) is 13.1 Å². The topological polar surface area (TPSA) is 72.5 Å². The molecule has 0 aliphatic heterocycles. The number of nitrogens with zero attached hydrogens (tertiary/aromatic N) is 1. The average Bonchev–Trinajstić information content (AvgIpc) is 3.26. The predicted octanol–water partition coefficient (Wildman–Crippen LogP) is 0.639. The van der Waals surface area contributed by atoms with Gasteiger partial charge in [0.15, 0.2) is 0 Å². The molecule has 1 aromatic heterocycles. The number of nitrogens with one attached hydrogen (secondary N) is 1. The third-order valence-corrected chi connectivity index (χ3v) is 7.71. The second-order valence-corrected chi connectivity index (χ2v) is 11.9. The third-order valence-electron chi connectivity index (χ3n) is 4.70. The van der Waals surface area contributed by atoms with Crippen molar-refractivity contribution in [2.24, 2.45) is 0 Å². The fourth-order valence-electron chi connectivity index (χ4n) is 3.27. The molecule has 186 valence electrons. The number of likely N-dealkylation sites (N-methyl/N-ethyl adjacent to an activating group) is 1. The van der Waals surface area contributed by atoms with Crippen molar-refractivity contribution >= 4 is 27.3 Å². The van der Waals surface area contributed by atoms with Crippen LogP contribution in [0.2, 0.25) is 0 Å². The van der Waals surface area contributed by atoms with Crippen LogP contribution in [-0.2, 0) is 26.2 Å². The van der Waals surface area contributed by atoms with E-state index in [1.165, 1.54) is 0 Å². The molecule has 0 bridgehead atoms. The Balaban J connectivity index is 0.00000432. The Hall–Kier alpha value is -2.23. The molecular formula is C26H29IN2O4S2. The van der Waals surface area contributed by atoms with Crippen LogP contribution in [0.3, 0.4) is 0 Å². The summed E-state index contributed by atoms with van der Waals surface area (Å²) in [5.41, 5.74) is 1.73. The molecule has 1 atom stereocenters. The molecule has 0 radical (unpaired) electrons. The van der Waals surface area contributed by atoms with Gasteiger partial charge < -0.3 is 33.2 Å². The molecule has 3 aromatic rings. The van der Waals surface area contributed by atoms with E-state index in [1.54, 1.807) is 12.1 Å². The number of benzene rings is 2. The minimum Gasteiger partial charge on any atom is -1.00 e. The number of quaternary nitrogens is 1. The normalized spacial score (nSPS) is 12.1. The number of ether oxygens (including phenoxy) is 1. The molecule has 0 fully saturated rings. The first kappa shape index (κ1) is 29.0. The highest BCUT2D eigenvalue weighted by molar-refractivity contribution is 7.91. The second kappa shape index (κ2) is 13.2. The number of thiophene rings is 1. The average molecular weight is 625 g/mol. The lowest BCUT2D eigenvalue weighted by Crippen LogP contribution is -3.00. The van der Waals surface area contributed by atoms with Crippen LogP contribution in [0.15, 0.2) is 77.0 Å². The molecule has 6 nitrogen and oxygen atoms in total. The summed E-state index contributed by atoms with van der Waals surface area (Å²) in [5.74, 6) is 5.59. The molecule has 0 unspecified atom stereocenters. The van der Waals surface area contributed by atoms with Crippen LogP contribution in [0.1, 0.15) is 22.4 Å². The number of sulfonamides is 1. The van der Waals surface area contributed by atoms with Gasteiger partial charge in [-0.15, -0.1) is 11.3 Å². The van der Waals surface area contributed by atoms with Crippen molar-refractivity contribution in [3.8, 4) is 11.8 Å². The Labute approximate surface area is 229 Å². The van der Waals surface area contributed by atoms with E-state index in [-0.39, 0.29) is 41.2 Å². The molecule has 3 rings (SSSR count). The largest absolute Gasteiger partial charge is 1.00 e. The first-order valence-corrected chi connectivity index (χ1v) is 13.1. The van der Waals surface area contributed by atoms with Gasteiger partial charge in [-0.05, 0) is 29.8 Å². The maximum Gasteiger partial charge on any atom is 0.307 e. The molecular weight excluding hydrogens is 595 g/mol. The lowest BCUT2D eigenvalue weighted by atomic mass is 10.2. The fraction of sp³-hybridized carbons (Fsp3) is 0.269. The highest BCUT2D eigenvalue weighted by Crippen LogP contribution is 2.22. The Kier molecular flexibility index (Phi) is 10.9. The maximum atomic E-state index is 13.1. The molecule has 2 aromatic carbocycles. The van der Waals surface area contributed by atoms with Crippen molar-refractivity contribution in [1.82, 2.24) is 4.72 Å². The molecule has 1 heterocycles. The number of esters is 1. The SMILES string of the molecule is C[N+](C)(C)C[C@@H](CC(=O)OCc1ccccc1)NS(=O)(=O)c1ccc(C#Cc2ccccc2)s1.[I-]. The summed E-state index contributed by atoms with van der Waals surface area (Å²) in [5, 5.41) is 0. The van der Waals surface area contributed by atoms with E-state index in [4.69, 9.17) is 4.74 Å². The third kappa shape index (κ3) is 10.1. The lowest BCUT2D eigenvalue weighted by Gasteiger charge is -2.29. The van der Waals surface area contributed by atoms with E-state index >= 15 is 0 Å². The fourth-order valence-corrected chi connectivity index (χ4v) is 5.67. The molecule has 0 saturated carbocycles. The van der Waals surface area contributed by atoms with Crippen LogP contribution in [0.25, 0.3) is 0 Å². The summed E-state index contributed by atoms with van der Waals surface area (Å²) in [4.78, 5) is 13.1. The number of carbonyl (C=O) groups is 1. The van der Waals surface area contributed by atoms with E-state index in [9.17, 15) is 13.2 Å². The molecule has 9 heteroatoms. The summed E-state index contributed by atoms with van der Waals surface area (Å²) >= 11 is 1.10. The Morgan fingerprint density at radius 1 is 0.971 bits per heavy atom. The minimum atomic E-state index is -3.82. The second-order valence-electron chi connectivity index (χ2n) is 8.88. The van der Waals surface area contributed by atoms with Crippen LogP contribution in [0.5, 0.6) is 0 Å². The van der Waals surface area contributed by atoms with Crippen molar-refractivity contribution in [3.05, 3.63) is 88.8 Å². The van der Waals surface area contributed by atoms with Gasteiger partial charge in [-0.1, -0.05) is 60.4 Å². The van der Waals surface area contributed by atoms with Gasteiger partial charge in [0.2, 0.25) is 0 Å². The predicted molar refractivity (Wildman–Crippen MR) is 135 cm³/mol. The van der Waals surface area contributed by atoms with Crippen LogP contribution in [0, 0.1) is 11.8 Å². The van der Waals surface area contributed by atoms with Crippen molar-refractivity contribution in [2.75, 3.05) is 27.7 Å². The Morgan fingerprint density at radius 3 is 2.23 bits per heavy atom.